The van der Waals surface area contributed by atoms with Gasteiger partial charge in [0.15, 0.2) is 5.43 Å². The van der Waals surface area contributed by atoms with E-state index in [2.05, 4.69) is 19.9 Å². The molecule has 3 heterocycles. The highest BCUT2D eigenvalue weighted by Crippen LogP contribution is 2.32. The van der Waals surface area contributed by atoms with Crippen LogP contribution in [0.5, 0.6) is 0 Å². The molecule has 2 N–H and O–H groups in total. The van der Waals surface area contributed by atoms with Crippen LogP contribution in [0.15, 0.2) is 29.2 Å². The summed E-state index contributed by atoms with van der Waals surface area (Å²) in [5.74, 6) is 0.601. The molecule has 0 saturated carbocycles. The van der Waals surface area contributed by atoms with Gasteiger partial charge >= 0.3 is 0 Å². The van der Waals surface area contributed by atoms with Gasteiger partial charge < -0.3 is 9.97 Å². The molecule has 6 heteroatoms. The molecule has 1 aromatic carbocycles. The molecule has 1 fully saturated rings. The summed E-state index contributed by atoms with van der Waals surface area (Å²) in [7, 11) is 0. The molecular weight excluding hydrogens is 319 g/mol. The Morgan fingerprint density at radius 3 is 3.04 bits per heavy atom. The van der Waals surface area contributed by atoms with E-state index in [4.69, 9.17) is 0 Å². The van der Waals surface area contributed by atoms with E-state index in [0.29, 0.717) is 6.54 Å². The lowest BCUT2D eigenvalue weighted by atomic mass is 10.1. The molecule has 0 spiro atoms. The van der Waals surface area contributed by atoms with Gasteiger partial charge in [-0.25, -0.2) is 9.37 Å². The molecule has 0 radical (unpaired) electrons. The van der Waals surface area contributed by atoms with E-state index in [1.54, 1.807) is 12.3 Å². The lowest BCUT2D eigenvalue weighted by molar-refractivity contribution is 0.237. The van der Waals surface area contributed by atoms with Gasteiger partial charge in [0, 0.05) is 29.6 Å². The Hall–Kier alpha value is -2.47. The molecule has 0 aliphatic carbocycles. The highest BCUT2D eigenvalue weighted by molar-refractivity contribution is 5.75. The monoisotopic (exact) mass is 340 g/mol. The van der Waals surface area contributed by atoms with Crippen LogP contribution in [0.1, 0.15) is 41.5 Å². The number of H-pyrrole nitrogens is 2. The number of hydrogen-bond donors (Lipinski definition) is 2. The Kier molecular flexibility index (Phi) is 3.92. The van der Waals surface area contributed by atoms with Gasteiger partial charge in [-0.15, -0.1) is 0 Å². The maximum atomic E-state index is 13.4. The van der Waals surface area contributed by atoms with Crippen LogP contribution in [0.3, 0.4) is 0 Å². The van der Waals surface area contributed by atoms with Gasteiger partial charge in [0.05, 0.1) is 17.1 Å². The number of nitrogens with one attached hydrogen (secondary N) is 2. The summed E-state index contributed by atoms with van der Waals surface area (Å²) in [5, 5.41) is 0. The average Bonchev–Trinajstić information content (AvgIpc) is 3.21. The molecular formula is C19H21FN4O. The van der Waals surface area contributed by atoms with Crippen molar-refractivity contribution in [3.8, 4) is 0 Å². The molecule has 3 aromatic rings. The van der Waals surface area contributed by atoms with E-state index in [0.717, 1.165) is 53.1 Å². The molecule has 1 saturated heterocycles. The molecule has 0 amide bonds. The van der Waals surface area contributed by atoms with Crippen LogP contribution in [0.25, 0.3) is 11.0 Å². The number of aromatic nitrogens is 3. The van der Waals surface area contributed by atoms with Crippen LogP contribution < -0.4 is 5.43 Å². The van der Waals surface area contributed by atoms with Gasteiger partial charge in [-0.05, 0) is 51.4 Å². The first-order chi connectivity index (χ1) is 12.0. The smallest absolute Gasteiger partial charge is 0.187 e. The van der Waals surface area contributed by atoms with Gasteiger partial charge in [0.1, 0.15) is 11.6 Å². The van der Waals surface area contributed by atoms with Crippen LogP contribution in [0, 0.1) is 19.7 Å². The van der Waals surface area contributed by atoms with Crippen molar-refractivity contribution in [1.82, 2.24) is 19.9 Å². The van der Waals surface area contributed by atoms with Crippen molar-refractivity contribution in [1.29, 1.82) is 0 Å². The first kappa shape index (κ1) is 16.0. The molecule has 4 rings (SSSR count). The normalized spacial score (nSPS) is 18.3. The largest absolute Gasteiger partial charge is 0.363 e. The third-order valence-corrected chi connectivity index (χ3v) is 5.12. The number of aryl methyl sites for hydroxylation is 1. The second-order valence-electron chi connectivity index (χ2n) is 6.82. The predicted molar refractivity (Wildman–Crippen MR) is 95.0 cm³/mol. The number of imidazole rings is 1. The Balaban J connectivity index is 1.64. The quantitative estimate of drug-likeness (QED) is 0.768. The molecule has 0 unspecified atom stereocenters. The van der Waals surface area contributed by atoms with E-state index >= 15 is 0 Å². The molecule has 1 atom stereocenters. The SMILES string of the molecule is Cc1c[nH]c(CN2CCC[C@H]2c2nc3ccc(F)cc3[nH]2)c(C)c1=O. The minimum Gasteiger partial charge on any atom is -0.363 e. The maximum absolute atomic E-state index is 13.4. The Morgan fingerprint density at radius 2 is 2.20 bits per heavy atom. The van der Waals surface area contributed by atoms with Crippen molar-refractivity contribution in [3.63, 3.8) is 0 Å². The van der Waals surface area contributed by atoms with Crippen molar-refractivity contribution < 1.29 is 4.39 Å². The van der Waals surface area contributed by atoms with Gasteiger partial charge in [-0.1, -0.05) is 0 Å². The van der Waals surface area contributed by atoms with Crippen molar-refractivity contribution in [2.75, 3.05) is 6.54 Å². The molecule has 130 valence electrons. The van der Waals surface area contributed by atoms with Crippen LogP contribution in [0.2, 0.25) is 0 Å². The minimum absolute atomic E-state index is 0.101. The van der Waals surface area contributed by atoms with Crippen molar-refractivity contribution in [3.05, 3.63) is 63.1 Å². The highest BCUT2D eigenvalue weighted by atomic mass is 19.1. The standard InChI is InChI=1S/C19H21FN4O/c1-11-9-21-16(12(2)18(11)25)10-24-7-3-4-17(24)19-22-14-6-5-13(20)8-15(14)23-19/h5-6,8-9,17H,3-4,7,10H2,1-2H3,(H,21,25)(H,22,23)/t17-/m0/s1. The summed E-state index contributed by atoms with van der Waals surface area (Å²) in [6.07, 6.45) is 3.85. The summed E-state index contributed by atoms with van der Waals surface area (Å²) >= 11 is 0. The van der Waals surface area contributed by atoms with Crippen LogP contribution in [-0.4, -0.2) is 26.4 Å². The van der Waals surface area contributed by atoms with Gasteiger partial charge in [-0.2, -0.15) is 0 Å². The molecule has 5 nitrogen and oxygen atoms in total. The number of fused-ring (bicyclic) bond motifs is 1. The van der Waals surface area contributed by atoms with Gasteiger partial charge in [-0.3, -0.25) is 9.69 Å². The number of benzene rings is 1. The van der Waals surface area contributed by atoms with E-state index in [1.807, 2.05) is 13.8 Å². The van der Waals surface area contributed by atoms with Crippen molar-refractivity contribution >= 4 is 11.0 Å². The van der Waals surface area contributed by atoms with Gasteiger partial charge in [0.2, 0.25) is 0 Å². The third-order valence-electron chi connectivity index (χ3n) is 5.12. The Labute approximate surface area is 144 Å². The first-order valence-electron chi connectivity index (χ1n) is 8.60. The third kappa shape index (κ3) is 2.87. The lowest BCUT2D eigenvalue weighted by Gasteiger charge is -2.23. The number of aromatic amines is 2. The maximum Gasteiger partial charge on any atom is 0.187 e. The van der Waals surface area contributed by atoms with Crippen LogP contribution in [-0.2, 0) is 6.54 Å². The molecule has 1 aliphatic rings. The zero-order chi connectivity index (χ0) is 17.6. The Bertz CT molecular complexity index is 991. The second-order valence-corrected chi connectivity index (χ2v) is 6.82. The number of rotatable bonds is 3. The highest BCUT2D eigenvalue weighted by Gasteiger charge is 2.29. The molecule has 1 aliphatic heterocycles. The number of pyridine rings is 1. The van der Waals surface area contributed by atoms with Crippen LogP contribution in [0.4, 0.5) is 4.39 Å². The predicted octanol–water partition coefficient (Wildman–Crippen LogP) is 3.34. The minimum atomic E-state index is -0.265. The van der Waals surface area contributed by atoms with Crippen molar-refractivity contribution in [2.45, 2.75) is 39.3 Å². The van der Waals surface area contributed by atoms with E-state index < -0.39 is 0 Å². The lowest BCUT2D eigenvalue weighted by Crippen LogP contribution is -2.26. The molecule has 2 aromatic heterocycles. The van der Waals surface area contributed by atoms with E-state index in [-0.39, 0.29) is 17.3 Å². The van der Waals surface area contributed by atoms with Crippen LogP contribution >= 0.6 is 0 Å². The molecule has 0 bridgehead atoms. The number of likely N-dealkylation sites (tertiary alicyclic amines) is 1. The number of hydrogen-bond acceptors (Lipinski definition) is 3. The average molecular weight is 340 g/mol. The fraction of sp³-hybridized carbons (Fsp3) is 0.368. The summed E-state index contributed by atoms with van der Waals surface area (Å²) in [5.41, 5.74) is 4.06. The summed E-state index contributed by atoms with van der Waals surface area (Å²) in [4.78, 5) is 25.7. The number of halogens is 1. The summed E-state index contributed by atoms with van der Waals surface area (Å²) < 4.78 is 13.4. The van der Waals surface area contributed by atoms with E-state index in [9.17, 15) is 9.18 Å². The topological polar surface area (TPSA) is 64.8 Å². The second kappa shape index (κ2) is 6.11. The number of nitrogens with zero attached hydrogens (tertiary/aromatic N) is 2. The fourth-order valence-electron chi connectivity index (χ4n) is 3.65. The first-order valence-corrected chi connectivity index (χ1v) is 8.60. The van der Waals surface area contributed by atoms with Gasteiger partial charge in [0.25, 0.3) is 0 Å². The summed E-state index contributed by atoms with van der Waals surface area (Å²) in [6.45, 7) is 5.32. The molecule has 25 heavy (non-hydrogen) atoms. The zero-order valence-corrected chi connectivity index (χ0v) is 14.4. The summed E-state index contributed by atoms with van der Waals surface area (Å²) in [6, 6.07) is 4.76. The van der Waals surface area contributed by atoms with E-state index in [1.165, 1.54) is 12.1 Å². The van der Waals surface area contributed by atoms with Crippen molar-refractivity contribution in [2.24, 2.45) is 0 Å². The Morgan fingerprint density at radius 1 is 1.36 bits per heavy atom. The fourth-order valence-corrected chi connectivity index (χ4v) is 3.65. The zero-order valence-electron chi connectivity index (χ0n) is 14.4.